The van der Waals surface area contributed by atoms with E-state index in [1.165, 1.54) is 6.07 Å². The van der Waals surface area contributed by atoms with Gasteiger partial charge in [-0.25, -0.2) is 9.37 Å². The molecule has 1 saturated heterocycles. The van der Waals surface area contributed by atoms with E-state index in [9.17, 15) is 9.18 Å². The minimum Gasteiger partial charge on any atom is -0.352 e. The van der Waals surface area contributed by atoms with E-state index in [0.717, 1.165) is 36.6 Å². The van der Waals surface area contributed by atoms with Crippen LogP contribution in [0.25, 0.3) is 4.96 Å². The molecule has 3 aromatic rings. The molecule has 3 heterocycles. The van der Waals surface area contributed by atoms with E-state index in [4.69, 9.17) is 0 Å². The first-order chi connectivity index (χ1) is 12.7. The molecule has 1 aliphatic rings. The van der Waals surface area contributed by atoms with Crippen molar-refractivity contribution < 1.29 is 9.18 Å². The van der Waals surface area contributed by atoms with Crippen LogP contribution in [0.2, 0.25) is 0 Å². The van der Waals surface area contributed by atoms with Crippen LogP contribution in [-0.2, 0) is 17.8 Å². The first-order valence-corrected chi connectivity index (χ1v) is 9.71. The van der Waals surface area contributed by atoms with Crippen LogP contribution in [0.15, 0.2) is 42.0 Å². The Morgan fingerprint density at radius 2 is 2.27 bits per heavy atom. The van der Waals surface area contributed by atoms with Crippen molar-refractivity contribution in [3.63, 3.8) is 0 Å². The normalized spacial score (nSPS) is 18.3. The highest BCUT2D eigenvalue weighted by molar-refractivity contribution is 7.15. The lowest BCUT2D eigenvalue weighted by Gasteiger charge is -2.33. The van der Waals surface area contributed by atoms with Crippen molar-refractivity contribution in [3.05, 3.63) is 59.1 Å². The quantitative estimate of drug-likeness (QED) is 0.749. The summed E-state index contributed by atoms with van der Waals surface area (Å²) >= 11 is 1.56. The lowest BCUT2D eigenvalue weighted by molar-refractivity contribution is -0.121. The van der Waals surface area contributed by atoms with Crippen LogP contribution in [0.3, 0.4) is 0 Å². The number of aromatic nitrogens is 2. The number of likely N-dealkylation sites (tertiary alicyclic amines) is 1. The smallest absolute Gasteiger partial charge is 0.226 e. The third kappa shape index (κ3) is 3.94. The molecule has 2 aromatic heterocycles. The monoisotopic (exact) mass is 372 g/mol. The van der Waals surface area contributed by atoms with Crippen molar-refractivity contribution >= 4 is 22.2 Å². The Labute approximate surface area is 155 Å². The minimum absolute atomic E-state index is 0.00602. The molecule has 7 heteroatoms. The van der Waals surface area contributed by atoms with Crippen LogP contribution in [0.4, 0.5) is 4.39 Å². The Balaban J connectivity index is 1.32. The molecule has 0 aliphatic carbocycles. The third-order valence-corrected chi connectivity index (χ3v) is 5.48. The number of hydrogen-bond acceptors (Lipinski definition) is 4. The molecule has 136 valence electrons. The fraction of sp³-hybridized carbons (Fsp3) is 0.368. The number of benzene rings is 1. The van der Waals surface area contributed by atoms with Crippen LogP contribution in [0.5, 0.6) is 0 Å². The summed E-state index contributed by atoms with van der Waals surface area (Å²) in [6.07, 6.45) is 6.09. The lowest BCUT2D eigenvalue weighted by Crippen LogP contribution is -2.47. The van der Waals surface area contributed by atoms with Gasteiger partial charge in [-0.2, -0.15) is 0 Å². The molecule has 1 N–H and O–H groups in total. The van der Waals surface area contributed by atoms with Crippen LogP contribution >= 0.6 is 11.3 Å². The van der Waals surface area contributed by atoms with Crippen molar-refractivity contribution in [2.45, 2.75) is 31.8 Å². The van der Waals surface area contributed by atoms with E-state index >= 15 is 0 Å². The average molecular weight is 372 g/mol. The average Bonchev–Trinajstić information content (AvgIpc) is 3.18. The van der Waals surface area contributed by atoms with E-state index in [1.54, 1.807) is 17.4 Å². The number of carbonyl (C=O) groups is 1. The number of carbonyl (C=O) groups excluding carboxylic acids is 1. The Kier molecular flexibility index (Phi) is 4.99. The molecule has 1 aliphatic heterocycles. The second-order valence-electron chi connectivity index (χ2n) is 6.74. The fourth-order valence-corrected chi connectivity index (χ4v) is 4.21. The maximum Gasteiger partial charge on any atom is 0.226 e. The molecule has 1 unspecified atom stereocenters. The highest BCUT2D eigenvalue weighted by Gasteiger charge is 2.22. The van der Waals surface area contributed by atoms with Gasteiger partial charge in [0.2, 0.25) is 5.91 Å². The first kappa shape index (κ1) is 17.2. The molecule has 0 radical (unpaired) electrons. The number of fused-ring (bicyclic) bond motifs is 1. The number of hydrogen-bond donors (Lipinski definition) is 1. The maximum atomic E-state index is 13.9. The van der Waals surface area contributed by atoms with Gasteiger partial charge < -0.3 is 5.32 Å². The van der Waals surface area contributed by atoms with Gasteiger partial charge in [0.15, 0.2) is 4.96 Å². The summed E-state index contributed by atoms with van der Waals surface area (Å²) in [6, 6.07) is 6.98. The molecule has 1 aromatic carbocycles. The van der Waals surface area contributed by atoms with Gasteiger partial charge in [-0.05, 0) is 25.5 Å². The van der Waals surface area contributed by atoms with Gasteiger partial charge in [0, 0.05) is 42.5 Å². The predicted molar refractivity (Wildman–Crippen MR) is 99.6 cm³/mol. The molecule has 0 spiro atoms. The predicted octanol–water partition coefficient (Wildman–Crippen LogP) is 2.86. The first-order valence-electron chi connectivity index (χ1n) is 8.83. The number of rotatable bonds is 5. The molecule has 0 bridgehead atoms. The van der Waals surface area contributed by atoms with Crippen molar-refractivity contribution in [2.75, 3.05) is 13.1 Å². The molecule has 4 rings (SSSR count). The number of piperidine rings is 1. The van der Waals surface area contributed by atoms with Gasteiger partial charge in [-0.3, -0.25) is 14.1 Å². The number of nitrogens with one attached hydrogen (secondary N) is 1. The molecule has 1 fully saturated rings. The summed E-state index contributed by atoms with van der Waals surface area (Å²) in [5.41, 5.74) is 1.49. The van der Waals surface area contributed by atoms with Gasteiger partial charge >= 0.3 is 0 Å². The van der Waals surface area contributed by atoms with Gasteiger partial charge in [0.05, 0.1) is 12.1 Å². The standard InChI is InChI=1S/C19H21FN4OS/c20-17-6-2-1-4-14(17)11-23-7-3-5-15(12-23)21-18(25)10-16-13-24-8-9-26-19(24)22-16/h1-2,4,6,8-9,13,15H,3,5,7,10-12H2,(H,21,25). The van der Waals surface area contributed by atoms with Gasteiger partial charge in [0.25, 0.3) is 0 Å². The van der Waals surface area contributed by atoms with E-state index in [-0.39, 0.29) is 24.2 Å². The van der Waals surface area contributed by atoms with Crippen molar-refractivity contribution in [1.29, 1.82) is 0 Å². The van der Waals surface area contributed by atoms with Gasteiger partial charge in [0.1, 0.15) is 5.82 Å². The van der Waals surface area contributed by atoms with E-state index in [1.807, 2.05) is 34.3 Å². The summed E-state index contributed by atoms with van der Waals surface area (Å²) in [6.45, 7) is 2.26. The number of thiazole rings is 1. The zero-order valence-corrected chi connectivity index (χ0v) is 15.2. The highest BCUT2D eigenvalue weighted by atomic mass is 32.1. The third-order valence-electron chi connectivity index (χ3n) is 4.71. The molecule has 1 amide bonds. The van der Waals surface area contributed by atoms with Crippen molar-refractivity contribution in [1.82, 2.24) is 19.6 Å². The molecule has 0 saturated carbocycles. The van der Waals surface area contributed by atoms with Gasteiger partial charge in [-0.1, -0.05) is 18.2 Å². The number of amides is 1. The topological polar surface area (TPSA) is 49.6 Å². The Bertz CT molecular complexity index is 877. The summed E-state index contributed by atoms with van der Waals surface area (Å²) in [4.78, 5) is 19.9. The van der Waals surface area contributed by atoms with Crippen molar-refractivity contribution in [2.24, 2.45) is 0 Å². The SMILES string of the molecule is O=C(Cc1cn2ccsc2n1)NC1CCCN(Cc2ccccc2F)C1. The lowest BCUT2D eigenvalue weighted by atomic mass is 10.0. The Morgan fingerprint density at radius 1 is 1.38 bits per heavy atom. The number of imidazole rings is 1. The Hall–Kier alpha value is -2.25. The zero-order valence-electron chi connectivity index (χ0n) is 14.4. The summed E-state index contributed by atoms with van der Waals surface area (Å²) in [7, 11) is 0. The summed E-state index contributed by atoms with van der Waals surface area (Å²) in [5, 5.41) is 5.08. The molecular weight excluding hydrogens is 351 g/mol. The highest BCUT2D eigenvalue weighted by Crippen LogP contribution is 2.16. The van der Waals surface area contributed by atoms with E-state index < -0.39 is 0 Å². The molecular formula is C19H21FN4OS. The Morgan fingerprint density at radius 3 is 3.12 bits per heavy atom. The summed E-state index contributed by atoms with van der Waals surface area (Å²) < 4.78 is 15.8. The molecule has 1 atom stereocenters. The summed E-state index contributed by atoms with van der Waals surface area (Å²) in [5.74, 6) is -0.174. The fourth-order valence-electron chi connectivity index (χ4n) is 3.49. The minimum atomic E-state index is -0.168. The number of nitrogens with zero attached hydrogens (tertiary/aromatic N) is 3. The largest absolute Gasteiger partial charge is 0.352 e. The van der Waals surface area contributed by atoms with Crippen LogP contribution < -0.4 is 5.32 Å². The van der Waals surface area contributed by atoms with Gasteiger partial charge in [-0.15, -0.1) is 11.3 Å². The second kappa shape index (κ2) is 7.55. The van der Waals surface area contributed by atoms with Crippen LogP contribution in [0.1, 0.15) is 24.1 Å². The van der Waals surface area contributed by atoms with E-state index in [0.29, 0.717) is 12.1 Å². The second-order valence-corrected chi connectivity index (χ2v) is 7.61. The van der Waals surface area contributed by atoms with Crippen LogP contribution in [0, 0.1) is 5.82 Å². The van der Waals surface area contributed by atoms with Crippen molar-refractivity contribution in [3.8, 4) is 0 Å². The van der Waals surface area contributed by atoms with E-state index in [2.05, 4.69) is 15.2 Å². The molecule has 26 heavy (non-hydrogen) atoms. The zero-order chi connectivity index (χ0) is 17.9. The number of halogens is 1. The molecule has 5 nitrogen and oxygen atoms in total. The van der Waals surface area contributed by atoms with Crippen LogP contribution in [-0.4, -0.2) is 39.3 Å². The maximum absolute atomic E-state index is 13.9.